The summed E-state index contributed by atoms with van der Waals surface area (Å²) in [5, 5.41) is 3.26. The van der Waals surface area contributed by atoms with Crippen LogP contribution in [-0.4, -0.2) is 43.7 Å². The van der Waals surface area contributed by atoms with E-state index in [4.69, 9.17) is 10.5 Å². The van der Waals surface area contributed by atoms with E-state index in [9.17, 15) is 0 Å². The monoisotopic (exact) mass is 223 g/mol. The Kier molecular flexibility index (Phi) is 2.77. The molecule has 16 heavy (non-hydrogen) atoms. The number of nitrogens with two attached hydrogens (primary N) is 1. The van der Waals surface area contributed by atoms with Crippen molar-refractivity contribution in [3.8, 4) is 0 Å². The molecule has 4 heteroatoms. The van der Waals surface area contributed by atoms with Crippen LogP contribution in [0.15, 0.2) is 11.5 Å². The first kappa shape index (κ1) is 10.4. The maximum absolute atomic E-state index is 6.15. The number of nitrogens with zero attached hydrogens (tertiary/aromatic N) is 1. The first-order valence-corrected chi connectivity index (χ1v) is 6.40. The SMILES string of the molecule is NC1=C(O[C@H]2CN3CCC2CC3)CCNC1. The molecule has 4 heterocycles. The van der Waals surface area contributed by atoms with Gasteiger partial charge in [-0.25, -0.2) is 0 Å². The minimum atomic E-state index is 0.397. The average Bonchev–Trinajstić information content (AvgIpc) is 2.34. The molecule has 3 N–H and O–H groups in total. The van der Waals surface area contributed by atoms with Crippen molar-refractivity contribution in [1.29, 1.82) is 0 Å². The van der Waals surface area contributed by atoms with Crippen LogP contribution in [0.4, 0.5) is 0 Å². The highest BCUT2D eigenvalue weighted by Gasteiger charge is 2.36. The van der Waals surface area contributed by atoms with Gasteiger partial charge < -0.3 is 15.8 Å². The van der Waals surface area contributed by atoms with E-state index in [1.54, 1.807) is 0 Å². The summed E-state index contributed by atoms with van der Waals surface area (Å²) < 4.78 is 6.15. The fourth-order valence-corrected chi connectivity index (χ4v) is 3.05. The Morgan fingerprint density at radius 2 is 2.12 bits per heavy atom. The summed E-state index contributed by atoms with van der Waals surface area (Å²) in [5.41, 5.74) is 6.88. The number of ether oxygens (including phenoxy) is 1. The van der Waals surface area contributed by atoms with Gasteiger partial charge in [0.1, 0.15) is 11.9 Å². The van der Waals surface area contributed by atoms with E-state index in [0.29, 0.717) is 6.10 Å². The maximum atomic E-state index is 6.15. The summed E-state index contributed by atoms with van der Waals surface area (Å²) in [6.45, 7) is 5.42. The zero-order chi connectivity index (χ0) is 11.0. The molecule has 0 amide bonds. The van der Waals surface area contributed by atoms with E-state index >= 15 is 0 Å². The fourth-order valence-electron chi connectivity index (χ4n) is 3.05. The van der Waals surface area contributed by atoms with Gasteiger partial charge in [-0.15, -0.1) is 0 Å². The lowest BCUT2D eigenvalue weighted by molar-refractivity contribution is -0.0454. The highest BCUT2D eigenvalue weighted by molar-refractivity contribution is 5.11. The van der Waals surface area contributed by atoms with Crippen molar-refractivity contribution in [2.24, 2.45) is 11.7 Å². The molecule has 90 valence electrons. The molecule has 0 unspecified atom stereocenters. The molecule has 0 aromatic heterocycles. The first-order chi connectivity index (χ1) is 7.83. The minimum absolute atomic E-state index is 0.397. The van der Waals surface area contributed by atoms with Crippen LogP contribution < -0.4 is 11.1 Å². The lowest BCUT2D eigenvalue weighted by atomic mass is 9.86. The molecule has 0 aromatic rings. The third-order valence-corrected chi connectivity index (χ3v) is 4.09. The Balaban J connectivity index is 1.66. The fraction of sp³-hybridized carbons (Fsp3) is 0.833. The summed E-state index contributed by atoms with van der Waals surface area (Å²) in [6, 6.07) is 0. The zero-order valence-electron chi connectivity index (χ0n) is 9.74. The first-order valence-electron chi connectivity index (χ1n) is 6.40. The summed E-state index contributed by atoms with van der Waals surface area (Å²) in [6.07, 6.45) is 3.95. The van der Waals surface area contributed by atoms with Gasteiger partial charge in [0.25, 0.3) is 0 Å². The van der Waals surface area contributed by atoms with Crippen LogP contribution in [-0.2, 0) is 4.74 Å². The molecule has 4 aliphatic heterocycles. The average molecular weight is 223 g/mol. The van der Waals surface area contributed by atoms with Gasteiger partial charge in [0.2, 0.25) is 0 Å². The van der Waals surface area contributed by atoms with Crippen LogP contribution >= 0.6 is 0 Å². The van der Waals surface area contributed by atoms with Crippen LogP contribution in [0, 0.1) is 5.92 Å². The molecule has 0 saturated carbocycles. The van der Waals surface area contributed by atoms with Gasteiger partial charge in [-0.05, 0) is 31.8 Å². The molecule has 4 nitrogen and oxygen atoms in total. The van der Waals surface area contributed by atoms with Crippen molar-refractivity contribution in [1.82, 2.24) is 10.2 Å². The lowest BCUT2D eigenvalue weighted by Crippen LogP contribution is -2.51. The van der Waals surface area contributed by atoms with Gasteiger partial charge in [-0.2, -0.15) is 0 Å². The molecule has 3 saturated heterocycles. The van der Waals surface area contributed by atoms with Crippen molar-refractivity contribution in [2.45, 2.75) is 25.4 Å². The maximum Gasteiger partial charge on any atom is 0.118 e. The number of rotatable bonds is 2. The van der Waals surface area contributed by atoms with E-state index in [2.05, 4.69) is 10.2 Å². The summed E-state index contributed by atoms with van der Waals surface area (Å²) in [5.74, 6) is 1.82. The van der Waals surface area contributed by atoms with E-state index in [1.165, 1.54) is 25.9 Å². The van der Waals surface area contributed by atoms with Crippen LogP contribution in [0.2, 0.25) is 0 Å². The van der Waals surface area contributed by atoms with E-state index in [0.717, 1.165) is 43.4 Å². The number of nitrogens with one attached hydrogen (secondary N) is 1. The smallest absolute Gasteiger partial charge is 0.118 e. The Morgan fingerprint density at radius 3 is 2.75 bits per heavy atom. The molecule has 0 aliphatic carbocycles. The molecule has 3 fully saturated rings. The third kappa shape index (κ3) is 1.92. The second-order valence-electron chi connectivity index (χ2n) is 5.17. The number of fused-ring (bicyclic) bond motifs is 3. The van der Waals surface area contributed by atoms with Crippen LogP contribution in [0.25, 0.3) is 0 Å². The van der Waals surface area contributed by atoms with Crippen molar-refractivity contribution in [2.75, 3.05) is 32.7 Å². The third-order valence-electron chi connectivity index (χ3n) is 4.09. The van der Waals surface area contributed by atoms with Gasteiger partial charge >= 0.3 is 0 Å². The van der Waals surface area contributed by atoms with E-state index in [1.807, 2.05) is 0 Å². The molecule has 0 spiro atoms. The number of piperidine rings is 3. The normalized spacial score (nSPS) is 38.9. The Labute approximate surface area is 96.8 Å². The molecule has 0 aromatic carbocycles. The predicted octanol–water partition coefficient (Wildman–Crippen LogP) is 0.261. The van der Waals surface area contributed by atoms with Crippen LogP contribution in [0.5, 0.6) is 0 Å². The van der Waals surface area contributed by atoms with Gasteiger partial charge in [0, 0.05) is 26.1 Å². The molecular weight excluding hydrogens is 202 g/mol. The van der Waals surface area contributed by atoms with Crippen molar-refractivity contribution < 1.29 is 4.74 Å². The molecule has 4 aliphatic rings. The molecule has 0 radical (unpaired) electrons. The predicted molar refractivity (Wildman–Crippen MR) is 62.7 cm³/mol. The minimum Gasteiger partial charge on any atom is -0.491 e. The Hall–Kier alpha value is -0.740. The summed E-state index contributed by atoms with van der Waals surface area (Å²) in [7, 11) is 0. The second-order valence-corrected chi connectivity index (χ2v) is 5.17. The van der Waals surface area contributed by atoms with Crippen molar-refractivity contribution in [3.05, 3.63) is 11.5 Å². The topological polar surface area (TPSA) is 50.5 Å². The summed E-state index contributed by atoms with van der Waals surface area (Å²) in [4.78, 5) is 2.52. The molecule has 2 bridgehead atoms. The highest BCUT2D eigenvalue weighted by atomic mass is 16.5. The van der Waals surface area contributed by atoms with E-state index < -0.39 is 0 Å². The largest absolute Gasteiger partial charge is 0.491 e. The lowest BCUT2D eigenvalue weighted by Gasteiger charge is -2.45. The van der Waals surface area contributed by atoms with Gasteiger partial charge in [0.05, 0.1) is 5.70 Å². The van der Waals surface area contributed by atoms with Gasteiger partial charge in [-0.1, -0.05) is 0 Å². The zero-order valence-corrected chi connectivity index (χ0v) is 9.74. The molecule has 4 rings (SSSR count). The second kappa shape index (κ2) is 4.26. The standard InChI is InChI=1S/C12H21N3O/c13-10-7-14-4-1-11(10)16-12-8-15-5-2-9(12)3-6-15/h9,12,14H,1-8,13H2/t12-/m0/s1. The van der Waals surface area contributed by atoms with Crippen molar-refractivity contribution in [3.63, 3.8) is 0 Å². The molecule has 1 atom stereocenters. The highest BCUT2D eigenvalue weighted by Crippen LogP contribution is 2.31. The number of hydrogen-bond donors (Lipinski definition) is 2. The van der Waals surface area contributed by atoms with Gasteiger partial charge in [0.15, 0.2) is 0 Å². The molecular formula is C12H21N3O. The van der Waals surface area contributed by atoms with Crippen LogP contribution in [0.1, 0.15) is 19.3 Å². The Bertz CT molecular complexity index is 295. The summed E-state index contributed by atoms with van der Waals surface area (Å²) >= 11 is 0. The van der Waals surface area contributed by atoms with Crippen LogP contribution in [0.3, 0.4) is 0 Å². The Morgan fingerprint density at radius 1 is 1.31 bits per heavy atom. The van der Waals surface area contributed by atoms with Gasteiger partial charge in [-0.3, -0.25) is 4.90 Å². The number of hydrogen-bond acceptors (Lipinski definition) is 4. The van der Waals surface area contributed by atoms with E-state index in [-0.39, 0.29) is 0 Å². The van der Waals surface area contributed by atoms with Crippen molar-refractivity contribution >= 4 is 0 Å². The quantitative estimate of drug-likeness (QED) is 0.705.